The van der Waals surface area contributed by atoms with Crippen LogP contribution in [-0.2, 0) is 4.79 Å². The zero-order chi connectivity index (χ0) is 15.2. The Labute approximate surface area is 119 Å². The number of nitrogens with zero attached hydrogens (tertiary/aromatic N) is 1. The fourth-order valence-corrected chi connectivity index (χ4v) is 1.58. The van der Waals surface area contributed by atoms with Crippen molar-refractivity contribution in [1.29, 1.82) is 5.26 Å². The number of carbonyl (C=O) groups is 1. The summed E-state index contributed by atoms with van der Waals surface area (Å²) in [4.78, 5) is 11.6. The van der Waals surface area contributed by atoms with Crippen LogP contribution in [0.2, 0.25) is 0 Å². The van der Waals surface area contributed by atoms with Gasteiger partial charge in [-0.2, -0.15) is 5.26 Å². The lowest BCUT2D eigenvalue weighted by Crippen LogP contribution is -2.21. The minimum absolute atomic E-state index is 0.0198. The van der Waals surface area contributed by atoms with Crippen LogP contribution in [0.1, 0.15) is 5.56 Å². The second-order valence-electron chi connectivity index (χ2n) is 4.07. The second-order valence-corrected chi connectivity index (χ2v) is 4.07. The van der Waals surface area contributed by atoms with E-state index in [4.69, 9.17) is 10.00 Å². The number of para-hydroxylation sites is 1. The molecule has 2 rings (SSSR count). The molecular weight excluding hydrogens is 278 g/mol. The van der Waals surface area contributed by atoms with Crippen LogP contribution in [0.5, 0.6) is 5.75 Å². The van der Waals surface area contributed by atoms with E-state index in [1.807, 2.05) is 0 Å². The van der Waals surface area contributed by atoms with E-state index < -0.39 is 24.1 Å². The molecule has 2 aromatic rings. The van der Waals surface area contributed by atoms with Gasteiger partial charge in [-0.25, -0.2) is 8.78 Å². The summed E-state index contributed by atoms with van der Waals surface area (Å²) < 4.78 is 31.8. The van der Waals surface area contributed by atoms with E-state index in [9.17, 15) is 13.6 Å². The van der Waals surface area contributed by atoms with Gasteiger partial charge in [0.15, 0.2) is 18.2 Å². The zero-order valence-corrected chi connectivity index (χ0v) is 10.8. The van der Waals surface area contributed by atoms with E-state index in [0.717, 1.165) is 6.07 Å². The summed E-state index contributed by atoms with van der Waals surface area (Å²) in [5.74, 6) is -2.09. The van der Waals surface area contributed by atoms with Crippen LogP contribution in [0, 0.1) is 23.0 Å². The molecule has 0 aliphatic carbocycles. The Morgan fingerprint density at radius 1 is 1.19 bits per heavy atom. The number of nitriles is 1. The van der Waals surface area contributed by atoms with Crippen molar-refractivity contribution in [3.63, 3.8) is 0 Å². The van der Waals surface area contributed by atoms with Crippen LogP contribution < -0.4 is 10.1 Å². The Kier molecular flexibility index (Phi) is 4.46. The number of amides is 1. The van der Waals surface area contributed by atoms with Gasteiger partial charge in [0, 0.05) is 0 Å². The number of ether oxygens (including phenoxy) is 1. The first-order chi connectivity index (χ1) is 10.1. The predicted octanol–water partition coefficient (Wildman–Crippen LogP) is 2.85. The molecule has 21 heavy (non-hydrogen) atoms. The van der Waals surface area contributed by atoms with Gasteiger partial charge in [-0.3, -0.25) is 4.79 Å². The molecule has 0 fully saturated rings. The third kappa shape index (κ3) is 3.76. The van der Waals surface area contributed by atoms with Gasteiger partial charge < -0.3 is 10.1 Å². The largest absolute Gasteiger partial charge is 0.481 e. The fraction of sp³-hybridized carbons (Fsp3) is 0.0667. The zero-order valence-electron chi connectivity index (χ0n) is 10.8. The highest BCUT2D eigenvalue weighted by molar-refractivity contribution is 5.91. The molecule has 0 saturated carbocycles. The van der Waals surface area contributed by atoms with E-state index in [1.165, 1.54) is 30.3 Å². The monoisotopic (exact) mass is 288 g/mol. The summed E-state index contributed by atoms with van der Waals surface area (Å²) in [6.45, 7) is -0.475. The average molecular weight is 288 g/mol. The van der Waals surface area contributed by atoms with Gasteiger partial charge in [-0.1, -0.05) is 12.1 Å². The third-order valence-electron chi connectivity index (χ3n) is 2.57. The fourth-order valence-electron chi connectivity index (χ4n) is 1.58. The predicted molar refractivity (Wildman–Crippen MR) is 71.6 cm³/mol. The van der Waals surface area contributed by atoms with Crippen molar-refractivity contribution in [2.75, 3.05) is 11.9 Å². The van der Waals surface area contributed by atoms with Crippen LogP contribution in [0.15, 0.2) is 42.5 Å². The Morgan fingerprint density at radius 2 is 1.95 bits per heavy atom. The molecular formula is C15H10F2N2O2. The van der Waals surface area contributed by atoms with Gasteiger partial charge in [-0.05, 0) is 30.3 Å². The van der Waals surface area contributed by atoms with E-state index in [1.54, 1.807) is 12.1 Å². The van der Waals surface area contributed by atoms with Crippen molar-refractivity contribution in [1.82, 2.24) is 0 Å². The molecule has 0 bridgehead atoms. The Hall–Kier alpha value is -2.94. The molecule has 0 aliphatic heterocycles. The first kappa shape index (κ1) is 14.5. The molecule has 0 aromatic heterocycles. The molecule has 0 saturated heterocycles. The molecule has 0 radical (unpaired) electrons. The Balaban J connectivity index is 1.96. The van der Waals surface area contributed by atoms with Crippen LogP contribution >= 0.6 is 0 Å². The number of nitrogens with one attached hydrogen (secondary N) is 1. The number of hydrogen-bond acceptors (Lipinski definition) is 3. The number of hydrogen-bond donors (Lipinski definition) is 1. The van der Waals surface area contributed by atoms with Crippen molar-refractivity contribution in [2.24, 2.45) is 0 Å². The van der Waals surface area contributed by atoms with Crippen LogP contribution in [0.3, 0.4) is 0 Å². The standard InChI is InChI=1S/C15H10F2N2O2/c16-11-3-1-2-4-13(11)19-15(20)9-21-14-6-5-10(8-18)7-12(14)17/h1-7H,9H2,(H,19,20). The second kappa shape index (κ2) is 6.48. The molecule has 2 aromatic carbocycles. The van der Waals surface area contributed by atoms with Gasteiger partial charge in [0.1, 0.15) is 5.82 Å². The average Bonchev–Trinajstić information content (AvgIpc) is 2.48. The minimum atomic E-state index is -0.743. The van der Waals surface area contributed by atoms with Gasteiger partial charge in [0.25, 0.3) is 5.91 Å². The van der Waals surface area contributed by atoms with Crippen molar-refractivity contribution < 1.29 is 18.3 Å². The maximum absolute atomic E-state index is 13.5. The molecule has 4 nitrogen and oxygen atoms in total. The quantitative estimate of drug-likeness (QED) is 0.941. The molecule has 6 heteroatoms. The summed E-state index contributed by atoms with van der Waals surface area (Å²) in [6, 6.07) is 11.1. The van der Waals surface area contributed by atoms with Crippen molar-refractivity contribution in [3.8, 4) is 11.8 Å². The topological polar surface area (TPSA) is 62.1 Å². The summed E-state index contributed by atoms with van der Waals surface area (Å²) >= 11 is 0. The highest BCUT2D eigenvalue weighted by Crippen LogP contribution is 2.18. The highest BCUT2D eigenvalue weighted by atomic mass is 19.1. The molecule has 1 N–H and O–H groups in total. The van der Waals surface area contributed by atoms with E-state index >= 15 is 0 Å². The van der Waals surface area contributed by atoms with Crippen LogP contribution in [-0.4, -0.2) is 12.5 Å². The third-order valence-corrected chi connectivity index (χ3v) is 2.57. The van der Waals surface area contributed by atoms with Crippen molar-refractivity contribution in [3.05, 3.63) is 59.7 Å². The minimum Gasteiger partial charge on any atom is -0.481 e. The van der Waals surface area contributed by atoms with Crippen LogP contribution in [0.4, 0.5) is 14.5 Å². The molecule has 0 heterocycles. The maximum atomic E-state index is 13.5. The normalized spacial score (nSPS) is 9.76. The first-order valence-corrected chi connectivity index (χ1v) is 5.97. The van der Waals surface area contributed by atoms with E-state index in [-0.39, 0.29) is 17.0 Å². The summed E-state index contributed by atoms with van der Waals surface area (Å²) in [5.41, 5.74) is 0.169. The highest BCUT2D eigenvalue weighted by Gasteiger charge is 2.09. The van der Waals surface area contributed by atoms with Gasteiger partial charge >= 0.3 is 0 Å². The van der Waals surface area contributed by atoms with E-state index in [2.05, 4.69) is 5.32 Å². The van der Waals surface area contributed by atoms with Gasteiger partial charge in [0.2, 0.25) is 0 Å². The van der Waals surface area contributed by atoms with Crippen molar-refractivity contribution in [2.45, 2.75) is 0 Å². The lowest BCUT2D eigenvalue weighted by molar-refractivity contribution is -0.118. The lowest BCUT2D eigenvalue weighted by Gasteiger charge is -2.08. The Bertz CT molecular complexity index is 711. The number of anilines is 1. The lowest BCUT2D eigenvalue weighted by atomic mass is 10.2. The summed E-state index contributed by atoms with van der Waals surface area (Å²) in [7, 11) is 0. The molecule has 0 spiro atoms. The number of carbonyl (C=O) groups excluding carboxylic acids is 1. The maximum Gasteiger partial charge on any atom is 0.262 e. The van der Waals surface area contributed by atoms with Gasteiger partial charge in [-0.15, -0.1) is 0 Å². The number of rotatable bonds is 4. The summed E-state index contributed by atoms with van der Waals surface area (Å²) in [5, 5.41) is 10.9. The molecule has 0 aliphatic rings. The molecule has 106 valence electrons. The first-order valence-electron chi connectivity index (χ1n) is 5.97. The Morgan fingerprint density at radius 3 is 2.62 bits per heavy atom. The molecule has 0 unspecified atom stereocenters. The summed E-state index contributed by atoms with van der Waals surface area (Å²) in [6.07, 6.45) is 0. The number of halogens is 2. The number of benzene rings is 2. The SMILES string of the molecule is N#Cc1ccc(OCC(=O)Nc2ccccc2F)c(F)c1. The van der Waals surface area contributed by atoms with Crippen LogP contribution in [0.25, 0.3) is 0 Å². The van der Waals surface area contributed by atoms with E-state index in [0.29, 0.717) is 0 Å². The molecule has 1 amide bonds. The smallest absolute Gasteiger partial charge is 0.262 e. The molecule has 0 atom stereocenters. The van der Waals surface area contributed by atoms with Gasteiger partial charge in [0.05, 0.1) is 17.3 Å². The van der Waals surface area contributed by atoms with Crippen molar-refractivity contribution >= 4 is 11.6 Å².